The number of nitrogens with two attached hydrogens (primary N) is 1. The van der Waals surface area contributed by atoms with Crippen molar-refractivity contribution in [3.63, 3.8) is 0 Å². The molecule has 0 aliphatic carbocycles. The summed E-state index contributed by atoms with van der Waals surface area (Å²) in [6.45, 7) is -0.255. The molecule has 0 saturated carbocycles. The summed E-state index contributed by atoms with van der Waals surface area (Å²) in [5.41, 5.74) is 5.10. The number of aliphatic hydroxyl groups excluding tert-OH is 1. The second kappa shape index (κ2) is 4.99. The fraction of sp³-hybridized carbons (Fsp3) is 0.400. The highest BCUT2D eigenvalue weighted by Gasteiger charge is 2.41. The molecule has 0 unspecified atom stereocenters. The van der Waals surface area contributed by atoms with Crippen molar-refractivity contribution >= 4 is 30.2 Å². The highest BCUT2D eigenvalue weighted by Crippen LogP contribution is 2.40. The number of aromatic nitrogens is 4. The first-order valence-corrected chi connectivity index (χ1v) is 7.86. The second-order valence-electron chi connectivity index (χ2n) is 4.95. The number of fused-ring (bicyclic) bond motifs is 1. The van der Waals surface area contributed by atoms with E-state index in [0.29, 0.717) is 11.2 Å². The molecule has 1 amide bonds. The zero-order chi connectivity index (χ0) is 16.1. The van der Waals surface area contributed by atoms with Crippen molar-refractivity contribution < 1.29 is 24.3 Å². The van der Waals surface area contributed by atoms with E-state index < -0.39 is 25.4 Å². The molecule has 1 saturated heterocycles. The molecule has 1 aliphatic heterocycles. The molecule has 22 heavy (non-hydrogen) atoms. The quantitative estimate of drug-likeness (QED) is 0.501. The van der Waals surface area contributed by atoms with Crippen LogP contribution in [0.5, 0.6) is 0 Å². The van der Waals surface area contributed by atoms with Crippen LogP contribution in [0, 0.1) is 0 Å². The maximum absolute atomic E-state index is 11.6. The van der Waals surface area contributed by atoms with Crippen LogP contribution < -0.4 is 5.73 Å². The first kappa shape index (κ1) is 14.9. The largest absolute Gasteiger partial charge is 0.413 e. The molecule has 0 radical (unpaired) electrons. The van der Waals surface area contributed by atoms with E-state index in [0.717, 1.165) is 4.90 Å². The number of anilines is 1. The van der Waals surface area contributed by atoms with E-state index in [2.05, 4.69) is 15.0 Å². The van der Waals surface area contributed by atoms with E-state index in [1.165, 1.54) is 17.2 Å². The number of hydrogen-bond acceptors (Lipinski definition) is 7. The van der Waals surface area contributed by atoms with Crippen LogP contribution in [0.25, 0.3) is 11.2 Å². The number of aliphatic hydroxyl groups is 1. The molecule has 1 aliphatic rings. The molecular formula is C10H13N6O5P. The minimum Gasteiger partial charge on any atom is -0.389 e. The first-order valence-electron chi connectivity index (χ1n) is 6.25. The molecular weight excluding hydrogens is 315 g/mol. The van der Waals surface area contributed by atoms with E-state index in [-0.39, 0.29) is 18.9 Å². The molecule has 12 heteroatoms. The van der Waals surface area contributed by atoms with Gasteiger partial charge in [0.15, 0.2) is 11.5 Å². The Labute approximate surface area is 123 Å². The number of rotatable bonds is 2. The monoisotopic (exact) mass is 328 g/mol. The average Bonchev–Trinajstić information content (AvgIpc) is 3.01. The van der Waals surface area contributed by atoms with E-state index in [1.807, 2.05) is 0 Å². The molecule has 2 aromatic rings. The van der Waals surface area contributed by atoms with Crippen molar-refractivity contribution in [2.75, 3.05) is 18.8 Å². The Bertz CT molecular complexity index is 787. The average molecular weight is 328 g/mol. The number of imidazole rings is 1. The van der Waals surface area contributed by atoms with Crippen molar-refractivity contribution in [3.05, 3.63) is 12.7 Å². The Morgan fingerprint density at radius 3 is 2.73 bits per heavy atom. The molecule has 11 nitrogen and oxygen atoms in total. The lowest BCUT2D eigenvalue weighted by molar-refractivity contribution is 0.147. The van der Waals surface area contributed by atoms with Gasteiger partial charge in [-0.3, -0.25) is 4.79 Å². The van der Waals surface area contributed by atoms with Gasteiger partial charge in [-0.2, -0.15) is 0 Å². The van der Waals surface area contributed by atoms with Crippen molar-refractivity contribution in [2.45, 2.75) is 12.1 Å². The Balaban J connectivity index is 1.94. The standard InChI is InChI=1S/C10H13N6O5P/c11-8-7-9(13-3-12-8)16(4-14-7)5-1-15(2-6(5)17)10(18)22(19,20)21/h3-6,17H,1-2H2,(H2,11,12,13)(H2,19,20,21)/t5-,6+/m1/s1. The Kier molecular flexibility index (Phi) is 3.37. The molecule has 5 N–H and O–H groups in total. The van der Waals surface area contributed by atoms with Gasteiger partial charge in [-0.05, 0) is 0 Å². The Hall–Kier alpha value is -2.07. The van der Waals surface area contributed by atoms with Crippen LogP contribution in [0.3, 0.4) is 0 Å². The number of carbonyl (C=O) groups excluding carboxylic acids is 1. The third kappa shape index (κ3) is 2.33. The van der Waals surface area contributed by atoms with Crippen LogP contribution in [0.1, 0.15) is 6.04 Å². The number of carbonyl (C=O) groups is 1. The molecule has 0 aromatic carbocycles. The number of hydrogen-bond donors (Lipinski definition) is 4. The fourth-order valence-corrected chi connectivity index (χ4v) is 3.03. The molecule has 3 heterocycles. The molecule has 3 rings (SSSR count). The summed E-state index contributed by atoms with van der Waals surface area (Å²) >= 11 is 0. The highest BCUT2D eigenvalue weighted by molar-refractivity contribution is 7.69. The molecule has 1 fully saturated rings. The minimum atomic E-state index is -4.89. The van der Waals surface area contributed by atoms with Crippen LogP contribution in [0.4, 0.5) is 10.6 Å². The van der Waals surface area contributed by atoms with Gasteiger partial charge >= 0.3 is 13.2 Å². The predicted octanol–water partition coefficient (Wildman–Crippen LogP) is -1.08. The molecule has 2 atom stereocenters. The third-order valence-electron chi connectivity index (χ3n) is 3.52. The molecule has 118 valence electrons. The highest BCUT2D eigenvalue weighted by atomic mass is 31.2. The summed E-state index contributed by atoms with van der Waals surface area (Å²) in [5.74, 6) is 0.180. The second-order valence-corrected chi connectivity index (χ2v) is 6.42. The minimum absolute atomic E-state index is 0.0690. The van der Waals surface area contributed by atoms with Crippen molar-refractivity contribution in [3.8, 4) is 0 Å². The summed E-state index contributed by atoms with van der Waals surface area (Å²) in [4.78, 5) is 42.3. The number of β-amino-alcohol motifs (C(OH)–C–C–N with tert-alkyl or cyclic N) is 1. The van der Waals surface area contributed by atoms with E-state index in [9.17, 15) is 14.5 Å². The number of amides is 1. The van der Waals surface area contributed by atoms with Crippen molar-refractivity contribution in [1.29, 1.82) is 0 Å². The Morgan fingerprint density at radius 2 is 2.05 bits per heavy atom. The third-order valence-corrected chi connectivity index (χ3v) is 4.30. The van der Waals surface area contributed by atoms with Gasteiger partial charge in [-0.25, -0.2) is 19.5 Å². The smallest absolute Gasteiger partial charge is 0.389 e. The van der Waals surface area contributed by atoms with E-state index in [4.69, 9.17) is 15.5 Å². The van der Waals surface area contributed by atoms with Crippen LogP contribution in [0.15, 0.2) is 12.7 Å². The Morgan fingerprint density at radius 1 is 1.32 bits per heavy atom. The van der Waals surface area contributed by atoms with Crippen molar-refractivity contribution in [1.82, 2.24) is 24.4 Å². The normalized spacial score (nSPS) is 22.4. The maximum atomic E-state index is 11.6. The summed E-state index contributed by atoms with van der Waals surface area (Å²) in [6, 6.07) is -0.630. The van der Waals surface area contributed by atoms with Gasteiger partial charge in [-0.1, -0.05) is 0 Å². The van der Waals surface area contributed by atoms with Gasteiger partial charge in [0.2, 0.25) is 0 Å². The van der Waals surface area contributed by atoms with Crippen LogP contribution >= 0.6 is 7.60 Å². The SMILES string of the molecule is Nc1ncnc2c1ncn2[C@@H]1CN(C(=O)P(=O)(O)O)C[C@@H]1O. The van der Waals surface area contributed by atoms with Gasteiger partial charge in [0.05, 0.1) is 18.5 Å². The van der Waals surface area contributed by atoms with Gasteiger partial charge in [0.1, 0.15) is 11.8 Å². The molecule has 2 aromatic heterocycles. The van der Waals surface area contributed by atoms with Gasteiger partial charge in [0.25, 0.3) is 0 Å². The summed E-state index contributed by atoms with van der Waals surface area (Å²) in [6.07, 6.45) is 1.63. The maximum Gasteiger partial charge on any atom is 0.413 e. The lowest BCUT2D eigenvalue weighted by Gasteiger charge is -2.17. The van der Waals surface area contributed by atoms with Crippen LogP contribution in [-0.2, 0) is 4.57 Å². The van der Waals surface area contributed by atoms with Gasteiger partial charge < -0.3 is 30.1 Å². The fourth-order valence-electron chi connectivity index (χ4n) is 2.50. The summed E-state index contributed by atoms with van der Waals surface area (Å²) < 4.78 is 12.6. The first-order chi connectivity index (χ1) is 10.3. The predicted molar refractivity (Wildman–Crippen MR) is 73.8 cm³/mol. The lowest BCUT2D eigenvalue weighted by Crippen LogP contribution is -2.28. The summed E-state index contributed by atoms with van der Waals surface area (Å²) in [7, 11) is -4.89. The molecule has 0 spiro atoms. The van der Waals surface area contributed by atoms with E-state index >= 15 is 0 Å². The number of nitrogens with zero attached hydrogens (tertiary/aromatic N) is 5. The number of likely N-dealkylation sites (tertiary alicyclic amines) is 1. The zero-order valence-corrected chi connectivity index (χ0v) is 12.0. The van der Waals surface area contributed by atoms with Crippen LogP contribution in [0.2, 0.25) is 0 Å². The van der Waals surface area contributed by atoms with Crippen LogP contribution in [-0.4, -0.2) is 64.2 Å². The number of nitrogen functional groups attached to an aromatic ring is 1. The lowest BCUT2D eigenvalue weighted by atomic mass is 10.2. The summed E-state index contributed by atoms with van der Waals surface area (Å²) in [5, 5.41) is 10.1. The molecule has 0 bridgehead atoms. The van der Waals surface area contributed by atoms with Crippen molar-refractivity contribution in [2.24, 2.45) is 0 Å². The zero-order valence-electron chi connectivity index (χ0n) is 11.1. The topological polar surface area (TPSA) is 168 Å². The van der Waals surface area contributed by atoms with Gasteiger partial charge in [-0.15, -0.1) is 0 Å². The van der Waals surface area contributed by atoms with E-state index in [1.54, 1.807) is 0 Å². The van der Waals surface area contributed by atoms with Gasteiger partial charge in [0, 0.05) is 13.1 Å².